The first kappa shape index (κ1) is 22.4. The third-order valence-electron chi connectivity index (χ3n) is 5.03. The van der Waals surface area contributed by atoms with E-state index in [4.69, 9.17) is 21.1 Å². The molecule has 168 valence electrons. The van der Waals surface area contributed by atoms with Crippen molar-refractivity contribution in [2.45, 2.75) is 20.0 Å². The predicted molar refractivity (Wildman–Crippen MR) is 130 cm³/mol. The van der Waals surface area contributed by atoms with Gasteiger partial charge in [0.05, 0.1) is 29.5 Å². The largest absolute Gasteiger partial charge is 0.495 e. The number of methoxy groups -OCH3 is 1. The van der Waals surface area contributed by atoms with Gasteiger partial charge >= 0.3 is 0 Å². The molecule has 0 fully saturated rings. The molecule has 33 heavy (non-hydrogen) atoms. The van der Waals surface area contributed by atoms with E-state index in [1.807, 2.05) is 19.9 Å². The summed E-state index contributed by atoms with van der Waals surface area (Å²) in [6.07, 6.45) is 0.0235. The third kappa shape index (κ3) is 4.56. The van der Waals surface area contributed by atoms with Crippen molar-refractivity contribution in [3.8, 4) is 11.5 Å². The number of imide groups is 1. The second kappa shape index (κ2) is 9.38. The Morgan fingerprint density at radius 1 is 0.909 bits per heavy atom. The number of hydrogen-bond donors (Lipinski definition) is 1. The molecule has 0 atom stereocenters. The van der Waals surface area contributed by atoms with Gasteiger partial charge in [-0.15, -0.1) is 0 Å². The normalized spacial score (nSPS) is 13.7. The van der Waals surface area contributed by atoms with E-state index in [-0.39, 0.29) is 17.4 Å². The van der Waals surface area contributed by atoms with Crippen molar-refractivity contribution < 1.29 is 19.1 Å². The summed E-state index contributed by atoms with van der Waals surface area (Å²) < 4.78 is 10.9. The van der Waals surface area contributed by atoms with Crippen molar-refractivity contribution in [3.05, 3.63) is 89.1 Å². The highest BCUT2D eigenvalue weighted by molar-refractivity contribution is 6.46. The van der Waals surface area contributed by atoms with E-state index < -0.39 is 11.8 Å². The van der Waals surface area contributed by atoms with Crippen molar-refractivity contribution in [1.82, 2.24) is 0 Å². The number of nitrogens with zero attached hydrogens (tertiary/aromatic N) is 1. The molecule has 0 saturated carbocycles. The van der Waals surface area contributed by atoms with Crippen molar-refractivity contribution in [2.24, 2.45) is 0 Å². The smallest absolute Gasteiger partial charge is 0.282 e. The number of nitrogens with one attached hydrogen (secondary N) is 1. The number of carbonyl (C=O) groups excluding carboxylic acids is 2. The summed E-state index contributed by atoms with van der Waals surface area (Å²) >= 11 is 6.26. The molecule has 0 saturated heterocycles. The van der Waals surface area contributed by atoms with E-state index in [1.165, 1.54) is 12.0 Å². The van der Waals surface area contributed by atoms with Crippen LogP contribution < -0.4 is 19.7 Å². The molecular weight excluding hydrogens is 440 g/mol. The van der Waals surface area contributed by atoms with Gasteiger partial charge in [0.2, 0.25) is 0 Å². The van der Waals surface area contributed by atoms with Crippen molar-refractivity contribution >= 4 is 40.4 Å². The third-order valence-corrected chi connectivity index (χ3v) is 5.33. The Morgan fingerprint density at radius 2 is 1.61 bits per heavy atom. The van der Waals surface area contributed by atoms with Crippen LogP contribution in [0.3, 0.4) is 0 Å². The zero-order valence-corrected chi connectivity index (χ0v) is 19.2. The second-order valence-electron chi connectivity index (χ2n) is 7.70. The van der Waals surface area contributed by atoms with E-state index in [2.05, 4.69) is 5.32 Å². The van der Waals surface area contributed by atoms with Gasteiger partial charge in [-0.05, 0) is 61.9 Å². The van der Waals surface area contributed by atoms with Crippen LogP contribution in [0.2, 0.25) is 5.02 Å². The first-order chi connectivity index (χ1) is 15.9. The molecule has 4 rings (SSSR count). The Morgan fingerprint density at radius 3 is 2.21 bits per heavy atom. The van der Waals surface area contributed by atoms with Crippen LogP contribution in [-0.4, -0.2) is 25.0 Å². The second-order valence-corrected chi connectivity index (χ2v) is 8.10. The van der Waals surface area contributed by atoms with Crippen LogP contribution in [0.5, 0.6) is 11.5 Å². The van der Waals surface area contributed by atoms with Crippen LogP contribution in [0, 0.1) is 0 Å². The lowest BCUT2D eigenvalue weighted by atomic mass is 10.0. The highest BCUT2D eigenvalue weighted by Crippen LogP contribution is 2.35. The number of para-hydroxylation sites is 1. The van der Waals surface area contributed by atoms with Gasteiger partial charge < -0.3 is 14.8 Å². The summed E-state index contributed by atoms with van der Waals surface area (Å²) in [5, 5.41) is 3.49. The van der Waals surface area contributed by atoms with E-state index in [9.17, 15) is 9.59 Å². The summed E-state index contributed by atoms with van der Waals surface area (Å²) in [6, 6.07) is 21.0. The molecule has 1 aliphatic heterocycles. The maximum absolute atomic E-state index is 13.5. The van der Waals surface area contributed by atoms with Gasteiger partial charge in [-0.2, -0.15) is 0 Å². The highest BCUT2D eigenvalue weighted by Gasteiger charge is 2.40. The van der Waals surface area contributed by atoms with Crippen LogP contribution in [-0.2, 0) is 9.59 Å². The lowest BCUT2D eigenvalue weighted by molar-refractivity contribution is -0.120. The maximum Gasteiger partial charge on any atom is 0.282 e. The zero-order chi connectivity index (χ0) is 23.5. The molecule has 1 N–H and O–H groups in total. The van der Waals surface area contributed by atoms with Gasteiger partial charge in [0.25, 0.3) is 11.8 Å². The minimum atomic E-state index is -0.448. The molecule has 2 amide bonds. The number of hydrogen-bond acceptors (Lipinski definition) is 5. The van der Waals surface area contributed by atoms with Gasteiger partial charge in [0.1, 0.15) is 17.2 Å². The van der Waals surface area contributed by atoms with E-state index >= 15 is 0 Å². The number of carbonyl (C=O) groups is 2. The highest BCUT2D eigenvalue weighted by atomic mass is 35.5. The predicted octanol–water partition coefficient (Wildman–Crippen LogP) is 5.53. The summed E-state index contributed by atoms with van der Waals surface area (Å²) in [6.45, 7) is 3.88. The number of rotatable bonds is 7. The monoisotopic (exact) mass is 462 g/mol. The lowest BCUT2D eigenvalue weighted by Crippen LogP contribution is -2.32. The molecule has 6 nitrogen and oxygen atoms in total. The maximum atomic E-state index is 13.5. The Balaban J connectivity index is 1.77. The van der Waals surface area contributed by atoms with E-state index in [0.29, 0.717) is 33.5 Å². The summed E-state index contributed by atoms with van der Waals surface area (Å²) in [5.74, 6) is 0.334. The van der Waals surface area contributed by atoms with Crippen LogP contribution in [0.15, 0.2) is 78.5 Å². The Kier molecular flexibility index (Phi) is 6.38. The first-order valence-corrected chi connectivity index (χ1v) is 10.8. The molecular formula is C26H23ClN2O4. The van der Waals surface area contributed by atoms with Gasteiger partial charge in [0.15, 0.2) is 0 Å². The molecule has 3 aromatic carbocycles. The fourth-order valence-electron chi connectivity index (χ4n) is 3.59. The van der Waals surface area contributed by atoms with Crippen LogP contribution >= 0.6 is 11.6 Å². The quantitative estimate of drug-likeness (QED) is 0.467. The topological polar surface area (TPSA) is 67.9 Å². The molecule has 3 aromatic rings. The van der Waals surface area contributed by atoms with Crippen LogP contribution in [0.1, 0.15) is 19.4 Å². The van der Waals surface area contributed by atoms with Crippen LogP contribution in [0.25, 0.3) is 5.57 Å². The summed E-state index contributed by atoms with van der Waals surface area (Å²) in [7, 11) is 1.53. The molecule has 0 unspecified atom stereocenters. The van der Waals surface area contributed by atoms with Gasteiger partial charge in [0, 0.05) is 5.69 Å². The molecule has 1 heterocycles. The van der Waals surface area contributed by atoms with Gasteiger partial charge in [-0.1, -0.05) is 41.9 Å². The summed E-state index contributed by atoms with van der Waals surface area (Å²) in [5.41, 5.74) is 2.10. The zero-order valence-electron chi connectivity index (χ0n) is 18.5. The van der Waals surface area contributed by atoms with E-state index in [0.717, 1.165) is 0 Å². The Hall–Kier alpha value is -3.77. The minimum absolute atomic E-state index is 0.0235. The molecule has 0 bridgehead atoms. The van der Waals surface area contributed by atoms with Gasteiger partial charge in [-0.25, -0.2) is 4.90 Å². The van der Waals surface area contributed by atoms with Crippen LogP contribution in [0.4, 0.5) is 11.4 Å². The van der Waals surface area contributed by atoms with Crippen molar-refractivity contribution in [2.75, 3.05) is 17.3 Å². The fourth-order valence-corrected chi connectivity index (χ4v) is 3.84. The molecule has 1 aliphatic rings. The fraction of sp³-hybridized carbons (Fsp3) is 0.154. The molecule has 7 heteroatoms. The molecule has 0 aromatic heterocycles. The molecule has 0 radical (unpaired) electrons. The Labute approximate surface area is 197 Å². The number of halogens is 1. The van der Waals surface area contributed by atoms with Crippen molar-refractivity contribution in [3.63, 3.8) is 0 Å². The Bertz CT molecular complexity index is 1220. The SMILES string of the molecule is COc1ccc(NC2=C(c3ccc(OC(C)C)cc3)C(=O)N(c3ccccc3)C2=O)cc1Cl. The number of benzene rings is 3. The van der Waals surface area contributed by atoms with E-state index in [1.54, 1.807) is 66.7 Å². The summed E-state index contributed by atoms with van der Waals surface area (Å²) in [4.78, 5) is 28.1. The molecule has 0 aliphatic carbocycles. The van der Waals surface area contributed by atoms with Gasteiger partial charge in [-0.3, -0.25) is 9.59 Å². The van der Waals surface area contributed by atoms with Crippen molar-refractivity contribution in [1.29, 1.82) is 0 Å². The number of amides is 2. The first-order valence-electron chi connectivity index (χ1n) is 10.4. The minimum Gasteiger partial charge on any atom is -0.495 e. The lowest BCUT2D eigenvalue weighted by Gasteiger charge is -2.15. The average Bonchev–Trinajstić information content (AvgIpc) is 3.04. The number of anilines is 2. The number of ether oxygens (including phenoxy) is 2. The molecule has 0 spiro atoms. The average molecular weight is 463 g/mol. The standard InChI is InChI=1S/C26H23ClN2O4/c1-16(2)33-20-12-9-17(10-13-20)23-24(28-18-11-14-22(32-3)21(27)15-18)26(31)29(25(23)30)19-7-5-4-6-8-19/h4-16,28H,1-3H3.